The largest absolute Gasteiger partial charge is 0.505 e. The highest BCUT2D eigenvalue weighted by Crippen LogP contribution is 2.45. The molecule has 0 unspecified atom stereocenters. The molecular formula is C12H13ClF4N2O. The predicted molar refractivity (Wildman–Crippen MR) is 66.3 cm³/mol. The number of nitrogens with zero attached hydrogens (tertiary/aromatic N) is 1. The molecule has 1 aromatic rings. The highest BCUT2D eigenvalue weighted by molar-refractivity contribution is 6.31. The van der Waals surface area contributed by atoms with Crippen molar-refractivity contribution in [1.82, 2.24) is 10.2 Å². The van der Waals surface area contributed by atoms with E-state index in [1.807, 2.05) is 0 Å². The third-order valence-corrected chi connectivity index (χ3v) is 3.54. The number of rotatable bonds is 2. The number of nitrogens with one attached hydrogen (secondary N) is 1. The molecule has 3 nitrogen and oxygen atoms in total. The van der Waals surface area contributed by atoms with Gasteiger partial charge in [-0.25, -0.2) is 4.39 Å². The molecule has 0 spiro atoms. The average Bonchev–Trinajstić information content (AvgIpc) is 2.39. The van der Waals surface area contributed by atoms with Crippen molar-refractivity contribution in [2.75, 3.05) is 26.2 Å². The van der Waals surface area contributed by atoms with Crippen LogP contribution in [-0.2, 0) is 0 Å². The lowest BCUT2D eigenvalue weighted by Crippen LogP contribution is -2.49. The van der Waals surface area contributed by atoms with Gasteiger partial charge in [0, 0.05) is 36.8 Å². The van der Waals surface area contributed by atoms with E-state index in [2.05, 4.69) is 5.32 Å². The van der Waals surface area contributed by atoms with Gasteiger partial charge in [-0.15, -0.1) is 0 Å². The molecule has 0 saturated carbocycles. The van der Waals surface area contributed by atoms with Crippen molar-refractivity contribution >= 4 is 11.6 Å². The first-order valence-corrected chi connectivity index (χ1v) is 6.38. The Hall–Kier alpha value is -1.05. The Morgan fingerprint density at radius 1 is 1.25 bits per heavy atom. The fraction of sp³-hybridized carbons (Fsp3) is 0.500. The number of halogens is 5. The van der Waals surface area contributed by atoms with Crippen LogP contribution in [0.4, 0.5) is 17.6 Å². The Kier molecular flexibility index (Phi) is 4.41. The van der Waals surface area contributed by atoms with E-state index < -0.39 is 29.3 Å². The molecule has 1 atom stereocenters. The van der Waals surface area contributed by atoms with Gasteiger partial charge in [0.2, 0.25) is 0 Å². The molecule has 0 aromatic heterocycles. The second-order valence-electron chi connectivity index (χ2n) is 4.52. The summed E-state index contributed by atoms with van der Waals surface area (Å²) in [5.41, 5.74) is -0.624. The van der Waals surface area contributed by atoms with Gasteiger partial charge in [0.1, 0.15) is 6.04 Å². The lowest BCUT2D eigenvalue weighted by atomic mass is 10.0. The topological polar surface area (TPSA) is 35.5 Å². The minimum atomic E-state index is -4.66. The third-order valence-electron chi connectivity index (χ3n) is 3.21. The molecule has 20 heavy (non-hydrogen) atoms. The lowest BCUT2D eigenvalue weighted by Gasteiger charge is -2.36. The lowest BCUT2D eigenvalue weighted by molar-refractivity contribution is -0.188. The predicted octanol–water partition coefficient (Wildman–Crippen LogP) is 2.69. The fourth-order valence-electron chi connectivity index (χ4n) is 2.31. The van der Waals surface area contributed by atoms with Crippen LogP contribution in [0.2, 0.25) is 5.02 Å². The van der Waals surface area contributed by atoms with Crippen LogP contribution < -0.4 is 5.32 Å². The normalized spacial score (nSPS) is 19.1. The Morgan fingerprint density at radius 2 is 1.85 bits per heavy atom. The number of aromatic hydroxyl groups is 1. The first-order chi connectivity index (χ1) is 9.32. The zero-order chi connectivity index (χ0) is 14.9. The van der Waals surface area contributed by atoms with Crippen molar-refractivity contribution in [1.29, 1.82) is 0 Å². The molecule has 8 heteroatoms. The second kappa shape index (κ2) is 5.75. The first kappa shape index (κ1) is 15.3. The van der Waals surface area contributed by atoms with Crippen molar-refractivity contribution < 1.29 is 22.7 Å². The van der Waals surface area contributed by atoms with Crippen LogP contribution in [0.3, 0.4) is 0 Å². The molecule has 0 bridgehead atoms. The smallest absolute Gasteiger partial charge is 0.408 e. The number of hydrogen-bond acceptors (Lipinski definition) is 3. The minimum absolute atomic E-state index is 0.135. The molecule has 1 aliphatic heterocycles. The molecule has 1 fully saturated rings. The highest BCUT2D eigenvalue weighted by atomic mass is 35.5. The van der Waals surface area contributed by atoms with Crippen LogP contribution >= 0.6 is 11.6 Å². The molecule has 1 aliphatic rings. The molecule has 0 amide bonds. The third kappa shape index (κ3) is 2.99. The van der Waals surface area contributed by atoms with E-state index in [0.717, 1.165) is 17.0 Å². The van der Waals surface area contributed by atoms with Crippen LogP contribution in [-0.4, -0.2) is 42.4 Å². The minimum Gasteiger partial charge on any atom is -0.505 e. The highest BCUT2D eigenvalue weighted by Gasteiger charge is 2.47. The van der Waals surface area contributed by atoms with Gasteiger partial charge in [-0.1, -0.05) is 11.6 Å². The monoisotopic (exact) mass is 312 g/mol. The molecule has 2 rings (SSSR count). The number of phenols is 1. The summed E-state index contributed by atoms with van der Waals surface area (Å²) in [5.74, 6) is -2.16. The van der Waals surface area contributed by atoms with Crippen LogP contribution in [0.5, 0.6) is 5.75 Å². The van der Waals surface area contributed by atoms with E-state index in [-0.39, 0.29) is 18.1 Å². The van der Waals surface area contributed by atoms with Gasteiger partial charge >= 0.3 is 6.18 Å². The molecule has 1 aromatic carbocycles. The number of piperazine rings is 1. The standard InChI is InChI=1S/C12H13ClF4N2O/c13-7-1-2-8(14)10(20)9(7)11(12(15,16)17)19-5-3-18-4-6-19/h1-2,11,18,20H,3-6H2/t11-/m1/s1. The van der Waals surface area contributed by atoms with Gasteiger partial charge in [-0.3, -0.25) is 4.90 Å². The summed E-state index contributed by atoms with van der Waals surface area (Å²) in [5, 5.41) is 12.3. The van der Waals surface area contributed by atoms with E-state index in [1.165, 1.54) is 0 Å². The van der Waals surface area contributed by atoms with Gasteiger partial charge in [0.15, 0.2) is 11.6 Å². The van der Waals surface area contributed by atoms with Crippen LogP contribution in [0.15, 0.2) is 12.1 Å². The zero-order valence-corrected chi connectivity index (χ0v) is 11.1. The summed E-state index contributed by atoms with van der Waals surface area (Å²) < 4.78 is 53.4. The molecule has 1 heterocycles. The van der Waals surface area contributed by atoms with Crippen LogP contribution in [0, 0.1) is 5.82 Å². The molecule has 0 aliphatic carbocycles. The van der Waals surface area contributed by atoms with E-state index >= 15 is 0 Å². The van der Waals surface area contributed by atoms with Crippen molar-refractivity contribution in [3.63, 3.8) is 0 Å². The van der Waals surface area contributed by atoms with E-state index in [1.54, 1.807) is 0 Å². The molecular weight excluding hydrogens is 300 g/mol. The van der Waals surface area contributed by atoms with Crippen molar-refractivity contribution in [3.8, 4) is 5.75 Å². The summed E-state index contributed by atoms with van der Waals surface area (Å²) in [6.45, 7) is 1.05. The molecule has 1 saturated heterocycles. The van der Waals surface area contributed by atoms with Gasteiger partial charge in [-0.05, 0) is 12.1 Å². The number of hydrogen-bond donors (Lipinski definition) is 2. The number of alkyl halides is 3. The van der Waals surface area contributed by atoms with Gasteiger partial charge in [0.25, 0.3) is 0 Å². The fourth-order valence-corrected chi connectivity index (χ4v) is 2.57. The number of benzene rings is 1. The quantitative estimate of drug-likeness (QED) is 0.824. The van der Waals surface area contributed by atoms with Gasteiger partial charge in [0.05, 0.1) is 0 Å². The van der Waals surface area contributed by atoms with Crippen molar-refractivity contribution in [2.45, 2.75) is 12.2 Å². The maximum absolute atomic E-state index is 13.4. The Labute approximate surface area is 118 Å². The first-order valence-electron chi connectivity index (χ1n) is 6.00. The number of phenolic OH excluding ortho intramolecular Hbond substituents is 1. The maximum Gasteiger partial charge on any atom is 0.408 e. The van der Waals surface area contributed by atoms with Crippen LogP contribution in [0.1, 0.15) is 11.6 Å². The van der Waals surface area contributed by atoms with E-state index in [0.29, 0.717) is 13.1 Å². The van der Waals surface area contributed by atoms with Crippen LogP contribution in [0.25, 0.3) is 0 Å². The van der Waals surface area contributed by atoms with Gasteiger partial charge < -0.3 is 10.4 Å². The maximum atomic E-state index is 13.4. The molecule has 2 N–H and O–H groups in total. The Bertz CT molecular complexity index is 489. The second-order valence-corrected chi connectivity index (χ2v) is 4.93. The summed E-state index contributed by atoms with van der Waals surface area (Å²) in [6, 6.07) is -0.257. The average molecular weight is 313 g/mol. The molecule has 112 valence electrons. The summed E-state index contributed by atoms with van der Waals surface area (Å²) >= 11 is 5.75. The molecule has 0 radical (unpaired) electrons. The van der Waals surface area contributed by atoms with Gasteiger partial charge in [-0.2, -0.15) is 13.2 Å². The summed E-state index contributed by atoms with van der Waals surface area (Å²) in [7, 11) is 0. The van der Waals surface area contributed by atoms with E-state index in [9.17, 15) is 22.7 Å². The summed E-state index contributed by atoms with van der Waals surface area (Å²) in [4.78, 5) is 1.14. The van der Waals surface area contributed by atoms with Crippen molar-refractivity contribution in [2.24, 2.45) is 0 Å². The Morgan fingerprint density at radius 3 is 2.40 bits per heavy atom. The van der Waals surface area contributed by atoms with E-state index in [4.69, 9.17) is 11.6 Å². The zero-order valence-electron chi connectivity index (χ0n) is 10.3. The summed E-state index contributed by atoms with van der Waals surface area (Å²) in [6.07, 6.45) is -4.66. The Balaban J connectivity index is 2.49. The SMILES string of the molecule is Oc1c(F)ccc(Cl)c1[C@@H](N1CCNCC1)C(F)(F)F. The van der Waals surface area contributed by atoms with Crippen molar-refractivity contribution in [3.05, 3.63) is 28.5 Å².